The van der Waals surface area contributed by atoms with Crippen LogP contribution in [0.25, 0.3) is 0 Å². The summed E-state index contributed by atoms with van der Waals surface area (Å²) in [6, 6.07) is 5.31. The largest absolute Gasteiger partial charge is 0.481 e. The lowest BCUT2D eigenvalue weighted by Gasteiger charge is -2.21. The molecule has 0 spiro atoms. The fourth-order valence-corrected chi connectivity index (χ4v) is 1.64. The molecule has 1 amide bonds. The monoisotopic (exact) mass is 265 g/mol. The Hall–Kier alpha value is -1.88. The maximum absolute atomic E-state index is 11.9. The molecule has 1 unspecified atom stereocenters. The molecule has 0 bridgehead atoms. The molecule has 0 aromatic heterocycles. The minimum Gasteiger partial charge on any atom is -0.481 e. The summed E-state index contributed by atoms with van der Waals surface area (Å²) in [4.78, 5) is 22.4. The number of hydrogen-bond donors (Lipinski definition) is 3. The molecule has 0 saturated heterocycles. The number of carboxylic acids is 1. The number of carbonyl (C=O) groups is 2. The lowest BCUT2D eigenvalue weighted by molar-refractivity contribution is -0.141. The van der Waals surface area contributed by atoms with Crippen LogP contribution in [0.1, 0.15) is 34.8 Å². The molecule has 1 aromatic carbocycles. The van der Waals surface area contributed by atoms with Gasteiger partial charge in [-0.2, -0.15) is 0 Å². The van der Waals surface area contributed by atoms with E-state index in [0.29, 0.717) is 5.56 Å². The second-order valence-corrected chi connectivity index (χ2v) is 5.05. The zero-order valence-electron chi connectivity index (χ0n) is 11.4. The van der Waals surface area contributed by atoms with Crippen molar-refractivity contribution >= 4 is 11.9 Å². The van der Waals surface area contributed by atoms with Gasteiger partial charge in [-0.05, 0) is 44.0 Å². The molecular formula is C14H19NO4. The molecule has 5 heteroatoms. The predicted octanol–water partition coefficient (Wildman–Crippen LogP) is 1.26. The highest BCUT2D eigenvalue weighted by Crippen LogP contribution is 2.11. The number of nitrogens with one attached hydrogen (secondary N) is 1. The molecule has 1 aromatic rings. The highest BCUT2D eigenvalue weighted by Gasteiger charge is 2.25. The van der Waals surface area contributed by atoms with Crippen LogP contribution in [0.4, 0.5) is 0 Å². The molecule has 0 heterocycles. The highest BCUT2D eigenvalue weighted by molar-refractivity contribution is 5.94. The van der Waals surface area contributed by atoms with Gasteiger partial charge in [-0.1, -0.05) is 6.07 Å². The number of aliphatic hydroxyl groups is 1. The quantitative estimate of drug-likeness (QED) is 0.748. The number of carboxylic acid groups (broad SMARTS) is 1. The number of rotatable bonds is 5. The average molecular weight is 265 g/mol. The van der Waals surface area contributed by atoms with Crippen LogP contribution in [0.15, 0.2) is 18.2 Å². The highest BCUT2D eigenvalue weighted by atomic mass is 16.4. The van der Waals surface area contributed by atoms with Gasteiger partial charge in [0.2, 0.25) is 0 Å². The maximum atomic E-state index is 11.9. The van der Waals surface area contributed by atoms with E-state index in [1.54, 1.807) is 12.1 Å². The Balaban J connectivity index is 2.65. The lowest BCUT2D eigenvalue weighted by atomic mass is 10.0. The van der Waals surface area contributed by atoms with Crippen LogP contribution in [-0.2, 0) is 4.79 Å². The van der Waals surface area contributed by atoms with Gasteiger partial charge in [0.25, 0.3) is 5.91 Å². The zero-order valence-corrected chi connectivity index (χ0v) is 11.4. The third-order valence-electron chi connectivity index (χ3n) is 2.93. The summed E-state index contributed by atoms with van der Waals surface area (Å²) in [6.07, 6.45) is -0.416. The van der Waals surface area contributed by atoms with Crippen LogP contribution in [0.3, 0.4) is 0 Å². The van der Waals surface area contributed by atoms with E-state index in [4.69, 9.17) is 5.11 Å². The van der Waals surface area contributed by atoms with Crippen LogP contribution in [0.2, 0.25) is 0 Å². The SMILES string of the molecule is Cc1ccc(C(=O)NCC(C)(O)CC(=O)O)cc1C. The molecule has 1 atom stereocenters. The first-order valence-corrected chi connectivity index (χ1v) is 6.01. The van der Waals surface area contributed by atoms with Gasteiger partial charge in [0.05, 0.1) is 12.0 Å². The van der Waals surface area contributed by atoms with Crippen molar-refractivity contribution < 1.29 is 19.8 Å². The van der Waals surface area contributed by atoms with Crippen molar-refractivity contribution in [3.8, 4) is 0 Å². The van der Waals surface area contributed by atoms with Crippen LogP contribution in [-0.4, -0.2) is 34.2 Å². The smallest absolute Gasteiger partial charge is 0.306 e. The fraction of sp³-hybridized carbons (Fsp3) is 0.429. The van der Waals surface area contributed by atoms with Gasteiger partial charge in [0.1, 0.15) is 0 Å². The molecule has 0 aliphatic rings. The molecule has 19 heavy (non-hydrogen) atoms. The minimum absolute atomic E-state index is 0.106. The lowest BCUT2D eigenvalue weighted by Crippen LogP contribution is -2.42. The van der Waals surface area contributed by atoms with Crippen LogP contribution in [0.5, 0.6) is 0 Å². The van der Waals surface area contributed by atoms with Gasteiger partial charge in [-0.3, -0.25) is 9.59 Å². The molecule has 3 N–H and O–H groups in total. The molecule has 104 valence electrons. The fourth-order valence-electron chi connectivity index (χ4n) is 1.64. The molecule has 0 aliphatic heterocycles. The van der Waals surface area contributed by atoms with Crippen molar-refractivity contribution in [1.29, 1.82) is 0 Å². The number of hydrogen-bond acceptors (Lipinski definition) is 3. The van der Waals surface area contributed by atoms with Gasteiger partial charge < -0.3 is 15.5 Å². The maximum Gasteiger partial charge on any atom is 0.306 e. The van der Waals surface area contributed by atoms with Crippen molar-refractivity contribution in [2.75, 3.05) is 6.54 Å². The van der Waals surface area contributed by atoms with E-state index < -0.39 is 18.0 Å². The van der Waals surface area contributed by atoms with Crippen LogP contribution in [0, 0.1) is 13.8 Å². The second-order valence-electron chi connectivity index (χ2n) is 5.05. The molecule has 0 radical (unpaired) electrons. The summed E-state index contributed by atoms with van der Waals surface area (Å²) in [7, 11) is 0. The second kappa shape index (κ2) is 5.84. The number of carbonyl (C=O) groups excluding carboxylic acids is 1. The van der Waals surface area contributed by atoms with Crippen molar-refractivity contribution in [2.24, 2.45) is 0 Å². The zero-order chi connectivity index (χ0) is 14.6. The van der Waals surface area contributed by atoms with E-state index >= 15 is 0 Å². The normalized spacial score (nSPS) is 13.7. The van der Waals surface area contributed by atoms with Gasteiger partial charge in [0.15, 0.2) is 0 Å². The van der Waals surface area contributed by atoms with Crippen LogP contribution < -0.4 is 5.32 Å². The molecule has 0 aliphatic carbocycles. The van der Waals surface area contributed by atoms with Gasteiger partial charge in [0, 0.05) is 12.1 Å². The predicted molar refractivity (Wildman–Crippen MR) is 71.1 cm³/mol. The van der Waals surface area contributed by atoms with Gasteiger partial charge in [-0.25, -0.2) is 0 Å². The summed E-state index contributed by atoms with van der Waals surface area (Å²) < 4.78 is 0. The number of aliphatic carboxylic acids is 1. The topological polar surface area (TPSA) is 86.6 Å². The summed E-state index contributed by atoms with van der Waals surface area (Å²) in [5.74, 6) is -1.43. The molecule has 1 rings (SSSR count). The Labute approximate surface area is 112 Å². The summed E-state index contributed by atoms with van der Waals surface area (Å²) in [5, 5.41) is 20.9. The first-order chi connectivity index (χ1) is 8.71. The van der Waals surface area contributed by atoms with Crippen molar-refractivity contribution in [3.63, 3.8) is 0 Å². The Morgan fingerprint density at radius 3 is 2.42 bits per heavy atom. The van der Waals surface area contributed by atoms with E-state index in [-0.39, 0.29) is 12.5 Å². The Morgan fingerprint density at radius 1 is 1.26 bits per heavy atom. The standard InChI is InChI=1S/C14H19NO4/c1-9-4-5-11(6-10(9)2)13(18)15-8-14(3,19)7-12(16)17/h4-6,19H,7-8H2,1-3H3,(H,15,18)(H,16,17). The third kappa shape index (κ3) is 4.71. The molecule has 5 nitrogen and oxygen atoms in total. The minimum atomic E-state index is -1.46. The van der Waals surface area contributed by atoms with E-state index in [0.717, 1.165) is 11.1 Å². The number of aryl methyl sites for hydroxylation is 2. The van der Waals surface area contributed by atoms with Crippen molar-refractivity contribution in [1.82, 2.24) is 5.32 Å². The van der Waals surface area contributed by atoms with E-state index in [9.17, 15) is 14.7 Å². The Morgan fingerprint density at radius 2 is 1.89 bits per heavy atom. The van der Waals surface area contributed by atoms with Crippen molar-refractivity contribution in [3.05, 3.63) is 34.9 Å². The molecular weight excluding hydrogens is 246 g/mol. The third-order valence-corrected chi connectivity index (χ3v) is 2.93. The summed E-state index contributed by atoms with van der Waals surface area (Å²) >= 11 is 0. The van der Waals surface area contributed by atoms with Gasteiger partial charge >= 0.3 is 5.97 Å². The first kappa shape index (κ1) is 15.2. The van der Waals surface area contributed by atoms with E-state index in [1.165, 1.54) is 6.92 Å². The van der Waals surface area contributed by atoms with Crippen LogP contribution >= 0.6 is 0 Å². The van der Waals surface area contributed by atoms with E-state index in [1.807, 2.05) is 19.9 Å². The molecule has 0 saturated carbocycles. The number of amides is 1. The first-order valence-electron chi connectivity index (χ1n) is 6.01. The summed E-state index contributed by atoms with van der Waals surface area (Å²) in [6.45, 7) is 5.13. The van der Waals surface area contributed by atoms with Crippen molar-refractivity contribution in [2.45, 2.75) is 32.8 Å². The summed E-state index contributed by atoms with van der Waals surface area (Å²) in [5.41, 5.74) is 1.13. The Kier molecular flexibility index (Phi) is 4.67. The average Bonchev–Trinajstić information content (AvgIpc) is 2.28. The Bertz CT molecular complexity index is 494. The number of benzene rings is 1. The van der Waals surface area contributed by atoms with E-state index in [2.05, 4.69) is 5.32 Å². The molecule has 0 fully saturated rings. The van der Waals surface area contributed by atoms with Gasteiger partial charge in [-0.15, -0.1) is 0 Å².